The van der Waals surface area contributed by atoms with Crippen molar-refractivity contribution in [3.8, 4) is 5.75 Å². The predicted octanol–water partition coefficient (Wildman–Crippen LogP) is 3.29. The van der Waals surface area contributed by atoms with E-state index in [1.54, 1.807) is 32.0 Å². The van der Waals surface area contributed by atoms with Gasteiger partial charge in [0.05, 0.1) is 6.61 Å². The topological polar surface area (TPSA) is 91.0 Å². The van der Waals surface area contributed by atoms with Crippen LogP contribution in [0.5, 0.6) is 5.75 Å². The molecule has 1 aliphatic rings. The van der Waals surface area contributed by atoms with E-state index < -0.39 is 15.4 Å². The molecule has 2 heterocycles. The fourth-order valence-electron chi connectivity index (χ4n) is 2.46. The van der Waals surface area contributed by atoms with Crippen LogP contribution >= 0.6 is 0 Å². The lowest BCUT2D eigenvalue weighted by molar-refractivity contribution is 0.0123. The molecule has 0 spiro atoms. The normalized spacial score (nSPS) is 16.9. The number of ether oxygens (including phenoxy) is 1. The molecule has 2 aromatic rings. The number of sulfone groups is 1. The zero-order chi connectivity index (χ0) is 18.2. The number of aromatic nitrogens is 1. The minimum Gasteiger partial charge on any atom is -0.493 e. The smallest absolute Gasteiger partial charge is 0.200 e. The Balaban J connectivity index is 1.85. The first-order chi connectivity index (χ1) is 11.7. The lowest BCUT2D eigenvalue weighted by atomic mass is 10.1. The minimum atomic E-state index is -3.62. The number of fused-ring (bicyclic) bond motifs is 1. The number of hydrogen-bond donors (Lipinski definition) is 0. The van der Waals surface area contributed by atoms with Crippen molar-refractivity contribution in [2.75, 3.05) is 6.61 Å². The maximum Gasteiger partial charge on any atom is 0.200 e. The van der Waals surface area contributed by atoms with Gasteiger partial charge in [0.2, 0.25) is 9.84 Å². The molecule has 1 aromatic heterocycles. The molecule has 0 bridgehead atoms. The number of hydrogen-bond acceptors (Lipinski definition) is 7. The summed E-state index contributed by atoms with van der Waals surface area (Å²) < 4.78 is 36.1. The third-order valence-electron chi connectivity index (χ3n) is 3.76. The molecular weight excluding hydrogens is 344 g/mol. The Labute approximate surface area is 146 Å². The van der Waals surface area contributed by atoms with E-state index >= 15 is 0 Å². The summed E-state index contributed by atoms with van der Waals surface area (Å²) in [6.07, 6.45) is 0.244. The zero-order valence-corrected chi connectivity index (χ0v) is 15.6. The van der Waals surface area contributed by atoms with Crippen molar-refractivity contribution in [2.24, 2.45) is 11.1 Å². The van der Waals surface area contributed by atoms with E-state index in [0.29, 0.717) is 34.9 Å². The summed E-state index contributed by atoms with van der Waals surface area (Å²) in [5, 5.41) is 8.32. The molecule has 8 heteroatoms. The number of oxime groups is 1. The molecule has 0 saturated carbocycles. The SMILES string of the molecule is CC(C)COc1ccc2onc(CS(=O)(=O)C3=NOC(C)(C)C3)c2c1. The van der Waals surface area contributed by atoms with Crippen molar-refractivity contribution >= 4 is 25.9 Å². The molecular formula is C17H22N2O5S. The Kier molecular flexibility index (Phi) is 4.49. The summed E-state index contributed by atoms with van der Waals surface area (Å²) in [7, 11) is -3.62. The van der Waals surface area contributed by atoms with Crippen LogP contribution in [0.25, 0.3) is 11.0 Å². The highest BCUT2D eigenvalue weighted by molar-refractivity contribution is 8.05. The minimum absolute atomic E-state index is 0.0425. The average Bonchev–Trinajstić information content (AvgIpc) is 3.08. The second-order valence-electron chi connectivity index (χ2n) is 7.26. The highest BCUT2D eigenvalue weighted by Gasteiger charge is 2.36. The van der Waals surface area contributed by atoms with Crippen LogP contribution in [0.4, 0.5) is 0 Å². The van der Waals surface area contributed by atoms with Crippen LogP contribution in [0.1, 0.15) is 39.8 Å². The van der Waals surface area contributed by atoms with Crippen molar-refractivity contribution in [3.63, 3.8) is 0 Å². The van der Waals surface area contributed by atoms with Gasteiger partial charge in [0.25, 0.3) is 0 Å². The van der Waals surface area contributed by atoms with E-state index in [0.717, 1.165) is 0 Å². The van der Waals surface area contributed by atoms with E-state index in [1.807, 2.05) is 0 Å². The van der Waals surface area contributed by atoms with Crippen LogP contribution in [-0.4, -0.2) is 30.8 Å². The van der Waals surface area contributed by atoms with Gasteiger partial charge < -0.3 is 14.1 Å². The molecule has 136 valence electrons. The van der Waals surface area contributed by atoms with Crippen molar-refractivity contribution in [2.45, 2.75) is 45.5 Å². The van der Waals surface area contributed by atoms with Crippen LogP contribution in [0.3, 0.4) is 0 Å². The molecule has 7 nitrogen and oxygen atoms in total. The molecule has 1 aromatic carbocycles. The van der Waals surface area contributed by atoms with Gasteiger partial charge in [0.1, 0.15) is 22.8 Å². The molecule has 0 unspecified atom stereocenters. The second kappa shape index (κ2) is 6.33. The first kappa shape index (κ1) is 17.7. The maximum atomic E-state index is 12.6. The second-order valence-corrected chi connectivity index (χ2v) is 9.25. The van der Waals surface area contributed by atoms with Gasteiger partial charge in [-0.2, -0.15) is 0 Å². The molecule has 0 fully saturated rings. The van der Waals surface area contributed by atoms with Crippen molar-refractivity contribution in [1.29, 1.82) is 0 Å². The third kappa shape index (κ3) is 3.95. The molecule has 0 N–H and O–H groups in total. The third-order valence-corrected chi connectivity index (χ3v) is 5.35. The highest BCUT2D eigenvalue weighted by Crippen LogP contribution is 2.29. The average molecular weight is 366 g/mol. The monoisotopic (exact) mass is 366 g/mol. The van der Waals surface area contributed by atoms with Crippen molar-refractivity contribution in [3.05, 3.63) is 23.9 Å². The fourth-order valence-corrected chi connectivity index (χ4v) is 3.91. The first-order valence-electron chi connectivity index (χ1n) is 8.15. The molecule has 0 amide bonds. The molecule has 1 aliphatic heterocycles. The lowest BCUT2D eigenvalue weighted by Crippen LogP contribution is -2.23. The Bertz CT molecular complexity index is 912. The van der Waals surface area contributed by atoms with Gasteiger partial charge in [-0.3, -0.25) is 0 Å². The van der Waals surface area contributed by atoms with Crippen LogP contribution in [0.2, 0.25) is 0 Å². The number of rotatable bonds is 5. The van der Waals surface area contributed by atoms with Gasteiger partial charge in [-0.1, -0.05) is 24.2 Å². The quantitative estimate of drug-likeness (QED) is 0.806. The van der Waals surface area contributed by atoms with Crippen molar-refractivity contribution < 1.29 is 22.5 Å². The molecule has 0 saturated heterocycles. The van der Waals surface area contributed by atoms with Gasteiger partial charge in [0.15, 0.2) is 10.6 Å². The molecule has 0 aliphatic carbocycles. The number of nitrogens with zero attached hydrogens (tertiary/aromatic N) is 2. The fraction of sp³-hybridized carbons (Fsp3) is 0.529. The summed E-state index contributed by atoms with van der Waals surface area (Å²) in [4.78, 5) is 5.16. The predicted molar refractivity (Wildman–Crippen MR) is 94.2 cm³/mol. The number of benzene rings is 1. The van der Waals surface area contributed by atoms with Gasteiger partial charge in [0, 0.05) is 11.8 Å². The van der Waals surface area contributed by atoms with Gasteiger partial charge >= 0.3 is 0 Å². The van der Waals surface area contributed by atoms with E-state index in [2.05, 4.69) is 24.2 Å². The molecule has 3 rings (SSSR count). The molecule has 25 heavy (non-hydrogen) atoms. The first-order valence-corrected chi connectivity index (χ1v) is 9.80. The highest BCUT2D eigenvalue weighted by atomic mass is 32.2. The standard InChI is InChI=1S/C17H22N2O5S/c1-11(2)9-22-12-5-6-15-13(7-12)14(18-23-15)10-25(20,21)16-8-17(3,4)24-19-16/h5-7,11H,8-10H2,1-4H3. The summed E-state index contributed by atoms with van der Waals surface area (Å²) in [6.45, 7) is 8.28. The van der Waals surface area contributed by atoms with Crippen LogP contribution < -0.4 is 4.74 Å². The van der Waals surface area contributed by atoms with E-state index in [-0.39, 0.29) is 17.2 Å². The molecule has 0 radical (unpaired) electrons. The lowest BCUT2D eigenvalue weighted by Gasteiger charge is -2.13. The van der Waals surface area contributed by atoms with Crippen LogP contribution in [-0.2, 0) is 20.4 Å². The molecule has 0 atom stereocenters. The Morgan fingerprint density at radius 2 is 2.08 bits per heavy atom. The Hall–Kier alpha value is -2.09. The van der Waals surface area contributed by atoms with Crippen LogP contribution in [0.15, 0.2) is 27.9 Å². The van der Waals surface area contributed by atoms with Gasteiger partial charge in [-0.25, -0.2) is 8.42 Å². The Morgan fingerprint density at radius 3 is 2.72 bits per heavy atom. The maximum absolute atomic E-state index is 12.6. The van der Waals surface area contributed by atoms with E-state index in [4.69, 9.17) is 14.1 Å². The summed E-state index contributed by atoms with van der Waals surface area (Å²) in [6, 6.07) is 5.27. The van der Waals surface area contributed by atoms with Crippen LogP contribution in [0, 0.1) is 5.92 Å². The Morgan fingerprint density at radius 1 is 1.32 bits per heavy atom. The van der Waals surface area contributed by atoms with E-state index in [1.165, 1.54) is 0 Å². The summed E-state index contributed by atoms with van der Waals surface area (Å²) in [5.41, 5.74) is 0.260. The summed E-state index contributed by atoms with van der Waals surface area (Å²) >= 11 is 0. The van der Waals surface area contributed by atoms with Gasteiger partial charge in [-0.05, 0) is 38.0 Å². The van der Waals surface area contributed by atoms with Crippen molar-refractivity contribution in [1.82, 2.24) is 5.16 Å². The van der Waals surface area contributed by atoms with E-state index in [9.17, 15) is 8.42 Å². The van der Waals surface area contributed by atoms with Gasteiger partial charge in [-0.15, -0.1) is 0 Å². The summed E-state index contributed by atoms with van der Waals surface area (Å²) in [5.74, 6) is 0.763. The largest absolute Gasteiger partial charge is 0.493 e. The zero-order valence-electron chi connectivity index (χ0n) is 14.8.